The summed E-state index contributed by atoms with van der Waals surface area (Å²) in [7, 11) is 0. The quantitative estimate of drug-likeness (QED) is 0.867. The summed E-state index contributed by atoms with van der Waals surface area (Å²) in [5.74, 6) is -1.72. The normalized spacial score (nSPS) is 17.3. The summed E-state index contributed by atoms with van der Waals surface area (Å²) >= 11 is 0. The molecule has 0 saturated heterocycles. The molecular weight excluding hydrogens is 323 g/mol. The predicted molar refractivity (Wildman–Crippen MR) is 91.3 cm³/mol. The van der Waals surface area contributed by atoms with Gasteiger partial charge in [0, 0.05) is 5.56 Å². The number of nitrogens with two attached hydrogens (primary N) is 1. The lowest BCUT2D eigenvalue weighted by Crippen LogP contribution is -2.47. The molecule has 0 aliphatic heterocycles. The fourth-order valence-electron chi connectivity index (χ4n) is 3.06. The van der Waals surface area contributed by atoms with Crippen molar-refractivity contribution in [3.63, 3.8) is 0 Å². The highest BCUT2D eigenvalue weighted by atomic mass is 19.1. The number of carboxylic acid groups (broad SMARTS) is 1. The lowest BCUT2D eigenvalue weighted by atomic mass is 9.76. The van der Waals surface area contributed by atoms with Gasteiger partial charge in [-0.15, -0.1) is 5.10 Å². The van der Waals surface area contributed by atoms with E-state index in [2.05, 4.69) is 10.3 Å². The van der Waals surface area contributed by atoms with Crippen molar-refractivity contribution >= 4 is 5.97 Å². The Morgan fingerprint density at radius 2 is 2.08 bits per heavy atom. The van der Waals surface area contributed by atoms with Gasteiger partial charge < -0.3 is 10.8 Å². The molecule has 0 amide bonds. The van der Waals surface area contributed by atoms with Crippen LogP contribution in [0.1, 0.15) is 51.6 Å². The molecule has 2 aromatic rings. The number of carbonyl (C=O) groups is 1. The van der Waals surface area contributed by atoms with Crippen LogP contribution in [0.2, 0.25) is 0 Å². The molecule has 3 rings (SSSR count). The van der Waals surface area contributed by atoms with Crippen LogP contribution in [0.5, 0.6) is 0 Å². The molecule has 1 fully saturated rings. The monoisotopic (exact) mass is 346 g/mol. The van der Waals surface area contributed by atoms with Crippen LogP contribution in [0.15, 0.2) is 24.4 Å². The Morgan fingerprint density at radius 3 is 2.60 bits per heavy atom. The van der Waals surface area contributed by atoms with E-state index >= 15 is 0 Å². The second-order valence-corrected chi connectivity index (χ2v) is 8.02. The van der Waals surface area contributed by atoms with Gasteiger partial charge in [-0.2, -0.15) is 0 Å². The van der Waals surface area contributed by atoms with Crippen molar-refractivity contribution in [2.24, 2.45) is 11.1 Å². The number of carboxylic acids is 1. The van der Waals surface area contributed by atoms with Crippen molar-refractivity contribution in [1.82, 2.24) is 15.0 Å². The van der Waals surface area contributed by atoms with E-state index in [1.165, 1.54) is 12.1 Å². The van der Waals surface area contributed by atoms with Gasteiger partial charge in [0.25, 0.3) is 0 Å². The van der Waals surface area contributed by atoms with E-state index in [1.54, 1.807) is 16.9 Å². The first kappa shape index (κ1) is 17.5. The number of halogens is 1. The third-order valence-electron chi connectivity index (χ3n) is 4.38. The molecule has 25 heavy (non-hydrogen) atoms. The van der Waals surface area contributed by atoms with Gasteiger partial charge in [0.15, 0.2) is 0 Å². The summed E-state index contributed by atoms with van der Waals surface area (Å²) in [6.45, 7) is 5.70. The first-order valence-corrected chi connectivity index (χ1v) is 8.35. The minimum Gasteiger partial charge on any atom is -0.480 e. The van der Waals surface area contributed by atoms with Crippen molar-refractivity contribution in [1.29, 1.82) is 0 Å². The van der Waals surface area contributed by atoms with E-state index in [0.717, 1.165) is 12.8 Å². The zero-order valence-electron chi connectivity index (χ0n) is 14.7. The van der Waals surface area contributed by atoms with E-state index in [-0.39, 0.29) is 17.4 Å². The molecule has 1 aromatic carbocycles. The molecule has 1 aliphatic carbocycles. The second-order valence-electron chi connectivity index (χ2n) is 8.02. The third-order valence-corrected chi connectivity index (χ3v) is 4.38. The number of hydrogen-bond acceptors (Lipinski definition) is 4. The molecular formula is C18H23FN4O2. The summed E-state index contributed by atoms with van der Waals surface area (Å²) in [4.78, 5) is 11.8. The number of benzene rings is 1. The summed E-state index contributed by atoms with van der Waals surface area (Å²) in [5.41, 5.74) is 5.15. The largest absolute Gasteiger partial charge is 0.480 e. The van der Waals surface area contributed by atoms with Crippen LogP contribution < -0.4 is 5.73 Å². The van der Waals surface area contributed by atoms with Crippen LogP contribution in [0, 0.1) is 11.2 Å². The van der Waals surface area contributed by atoms with Crippen molar-refractivity contribution in [3.05, 3.63) is 35.8 Å². The maximum atomic E-state index is 14.7. The molecule has 0 unspecified atom stereocenters. The summed E-state index contributed by atoms with van der Waals surface area (Å²) < 4.78 is 16.4. The minimum atomic E-state index is -1.65. The molecule has 0 spiro atoms. The molecule has 7 heteroatoms. The fourth-order valence-corrected chi connectivity index (χ4v) is 3.06. The van der Waals surface area contributed by atoms with Crippen LogP contribution >= 0.6 is 0 Å². The fraction of sp³-hybridized carbons (Fsp3) is 0.500. The van der Waals surface area contributed by atoms with Gasteiger partial charge in [-0.25, -0.2) is 13.9 Å². The lowest BCUT2D eigenvalue weighted by Gasteiger charge is -2.32. The average Bonchev–Trinajstić information content (AvgIpc) is 3.23. The topological polar surface area (TPSA) is 94.0 Å². The third kappa shape index (κ3) is 3.56. The van der Waals surface area contributed by atoms with Gasteiger partial charge in [0.2, 0.25) is 0 Å². The van der Waals surface area contributed by atoms with Gasteiger partial charge in [0.1, 0.15) is 17.1 Å². The van der Waals surface area contributed by atoms with Crippen LogP contribution in [-0.2, 0) is 10.3 Å². The van der Waals surface area contributed by atoms with Gasteiger partial charge >= 0.3 is 5.97 Å². The van der Waals surface area contributed by atoms with E-state index in [0.29, 0.717) is 17.3 Å². The Hall–Kier alpha value is -2.28. The van der Waals surface area contributed by atoms with Crippen LogP contribution in [0.4, 0.5) is 4.39 Å². The average molecular weight is 346 g/mol. The molecule has 0 bridgehead atoms. The molecule has 1 aliphatic rings. The Labute approximate surface area is 145 Å². The highest BCUT2D eigenvalue weighted by Crippen LogP contribution is 2.36. The zero-order valence-corrected chi connectivity index (χ0v) is 14.7. The SMILES string of the molecule is CC(C)(C)C[C@](N)(C(=O)O)c1ccc(-c2cn(C3CC3)nn2)c(F)c1. The zero-order chi connectivity index (χ0) is 18.4. The van der Waals surface area contributed by atoms with Crippen LogP contribution in [-0.4, -0.2) is 26.1 Å². The Kier molecular flexibility index (Phi) is 4.15. The van der Waals surface area contributed by atoms with E-state index in [1.807, 2.05) is 20.8 Å². The van der Waals surface area contributed by atoms with Gasteiger partial charge in [-0.3, -0.25) is 0 Å². The maximum Gasteiger partial charge on any atom is 0.328 e. The smallest absolute Gasteiger partial charge is 0.328 e. The molecule has 1 heterocycles. The predicted octanol–water partition coefficient (Wildman–Crippen LogP) is 3.09. The highest BCUT2D eigenvalue weighted by molar-refractivity contribution is 5.81. The molecule has 6 nitrogen and oxygen atoms in total. The van der Waals surface area contributed by atoms with Gasteiger partial charge in [-0.1, -0.05) is 32.1 Å². The van der Waals surface area contributed by atoms with Crippen molar-refractivity contribution < 1.29 is 14.3 Å². The number of aromatic nitrogens is 3. The van der Waals surface area contributed by atoms with Crippen molar-refractivity contribution in [2.45, 2.75) is 51.6 Å². The van der Waals surface area contributed by atoms with Crippen molar-refractivity contribution in [3.8, 4) is 11.3 Å². The standard InChI is InChI=1S/C18H23FN4O2/c1-17(2,3)10-18(20,16(24)25)11-4-7-13(14(19)8-11)15-9-23(22-21-15)12-5-6-12/h4,7-9,12H,5-6,10,20H2,1-3H3,(H,24,25)/t18-/m1/s1. The first-order valence-electron chi connectivity index (χ1n) is 8.35. The number of aliphatic carboxylic acids is 1. The molecule has 134 valence electrons. The molecule has 1 saturated carbocycles. The Balaban J connectivity index is 1.95. The lowest BCUT2D eigenvalue weighted by molar-refractivity contribution is -0.145. The van der Waals surface area contributed by atoms with Crippen LogP contribution in [0.25, 0.3) is 11.3 Å². The van der Waals surface area contributed by atoms with Crippen molar-refractivity contribution in [2.75, 3.05) is 0 Å². The number of hydrogen-bond donors (Lipinski definition) is 2. The van der Waals surface area contributed by atoms with Gasteiger partial charge in [-0.05, 0) is 42.4 Å². The molecule has 1 aromatic heterocycles. The van der Waals surface area contributed by atoms with E-state index in [9.17, 15) is 14.3 Å². The molecule has 1 atom stereocenters. The summed E-state index contributed by atoms with van der Waals surface area (Å²) in [6, 6.07) is 4.65. The maximum absolute atomic E-state index is 14.7. The first-order chi connectivity index (χ1) is 11.6. The summed E-state index contributed by atoms with van der Waals surface area (Å²) in [6.07, 6.45) is 4.03. The number of rotatable bonds is 5. The number of nitrogens with zero attached hydrogens (tertiary/aromatic N) is 3. The Bertz CT molecular complexity index is 808. The van der Waals surface area contributed by atoms with Crippen LogP contribution in [0.3, 0.4) is 0 Å². The summed E-state index contributed by atoms with van der Waals surface area (Å²) in [5, 5.41) is 17.7. The van der Waals surface area contributed by atoms with Gasteiger partial charge in [0.05, 0.1) is 12.2 Å². The Morgan fingerprint density at radius 1 is 1.40 bits per heavy atom. The van der Waals surface area contributed by atoms with E-state index in [4.69, 9.17) is 5.73 Å². The highest BCUT2D eigenvalue weighted by Gasteiger charge is 2.40. The minimum absolute atomic E-state index is 0.186. The molecule has 0 radical (unpaired) electrons. The van der Waals surface area contributed by atoms with E-state index < -0.39 is 17.3 Å². The second kappa shape index (κ2) is 5.91. The molecule has 3 N–H and O–H groups in total.